The van der Waals surface area contributed by atoms with Gasteiger partial charge in [-0.15, -0.1) is 0 Å². The van der Waals surface area contributed by atoms with Gasteiger partial charge in [0.05, 0.1) is 24.5 Å². The molecule has 0 rings (SSSR count). The summed E-state index contributed by atoms with van der Waals surface area (Å²) >= 11 is 0. The Bertz CT molecular complexity index is 429. The van der Waals surface area contributed by atoms with Crippen molar-refractivity contribution >= 4 is 24.1 Å². The molecule has 0 bridgehead atoms. The lowest BCUT2D eigenvalue weighted by Crippen LogP contribution is -2.69. The molecule has 0 aliphatic heterocycles. The van der Waals surface area contributed by atoms with E-state index in [2.05, 4.69) is 22.9 Å². The Balaban J connectivity index is -0.0000000748. The molecule has 12 nitrogen and oxygen atoms in total. The Hall–Kier alpha value is -2.37. The van der Waals surface area contributed by atoms with Gasteiger partial charge in [-0.2, -0.15) is 9.59 Å². The molecule has 168 valence electrons. The zero-order valence-corrected chi connectivity index (χ0v) is 14.8. The van der Waals surface area contributed by atoms with E-state index in [0.717, 1.165) is 19.4 Å². The highest BCUT2D eigenvalue weighted by Gasteiger charge is 2.11. The number of quaternary nitrogens is 4. The Morgan fingerprint density at radius 3 is 1.18 bits per heavy atom. The fourth-order valence-electron chi connectivity index (χ4n) is 1.53. The molecule has 0 aliphatic carbocycles. The van der Waals surface area contributed by atoms with E-state index in [1.807, 2.05) is 0 Å². The molecule has 0 saturated carbocycles. The first kappa shape index (κ1) is 36.5. The van der Waals surface area contributed by atoms with Crippen LogP contribution in [0.5, 0.6) is 0 Å². The minimum atomic E-state index is -1.21. The van der Waals surface area contributed by atoms with Crippen molar-refractivity contribution in [1.82, 2.24) is 0 Å². The van der Waals surface area contributed by atoms with Crippen LogP contribution in [0.2, 0.25) is 0 Å². The highest BCUT2D eigenvalue weighted by atomic mass is 16.4. The standard InChI is InChI=1S/C7H14N2O4.C6H14N2O2.CO2.2CH4/c8-4(6(10)11)2-1-3-5(9)7(12)13;7-4-2-1-3-5(8)6(9)10;2-1-3;;/h4-5H,1-3,8-9H2,(H,10,11)(H,12,13);5H,1-4,7-8H2,(H,9,10);;2*1H4/p+2/t4-,5+;5-;;;/m.0.../s1. The minimum absolute atomic E-state index is 0. The average Bonchev–Trinajstić information content (AvgIpc) is 2.55. The summed E-state index contributed by atoms with van der Waals surface area (Å²) in [7, 11) is 0. The molecule has 28 heavy (non-hydrogen) atoms. The van der Waals surface area contributed by atoms with Crippen molar-refractivity contribution in [3.8, 4) is 0 Å². The second-order valence-corrected chi connectivity index (χ2v) is 5.41. The van der Waals surface area contributed by atoms with Gasteiger partial charge in [0.2, 0.25) is 0 Å². The lowest BCUT2D eigenvalue weighted by Gasteiger charge is -2.11. The van der Waals surface area contributed by atoms with Crippen LogP contribution in [0.3, 0.4) is 0 Å². The van der Waals surface area contributed by atoms with E-state index in [1.54, 1.807) is 0 Å². The van der Waals surface area contributed by atoms with Gasteiger partial charge in [0.15, 0.2) is 0 Å². The molecule has 0 aromatic carbocycles. The molecule has 12 N–H and O–H groups in total. The van der Waals surface area contributed by atoms with E-state index >= 15 is 0 Å². The third-order valence-corrected chi connectivity index (χ3v) is 3.16. The number of rotatable bonds is 11. The summed E-state index contributed by atoms with van der Waals surface area (Å²) in [6.07, 6.45) is 3.77. The quantitative estimate of drug-likeness (QED) is 0.235. The minimum Gasteiger partial charge on any atom is -0.544 e. The van der Waals surface area contributed by atoms with Crippen LogP contribution in [0, 0.1) is 0 Å². The van der Waals surface area contributed by atoms with E-state index in [0.29, 0.717) is 25.7 Å². The summed E-state index contributed by atoms with van der Waals surface area (Å²) in [5, 5.41) is 30.5. The van der Waals surface area contributed by atoms with Crippen molar-refractivity contribution in [2.24, 2.45) is 0 Å². The fraction of sp³-hybridized carbons (Fsp3) is 0.750. The van der Waals surface area contributed by atoms with Gasteiger partial charge in [0.1, 0.15) is 18.1 Å². The molecule has 0 saturated heterocycles. The highest BCUT2D eigenvalue weighted by molar-refractivity contribution is 5.70. The molecule has 0 amide bonds. The molecule has 0 fully saturated rings. The van der Waals surface area contributed by atoms with Gasteiger partial charge in [-0.25, -0.2) is 0 Å². The fourth-order valence-corrected chi connectivity index (χ4v) is 1.53. The summed E-state index contributed by atoms with van der Waals surface area (Å²) < 4.78 is 0. The van der Waals surface area contributed by atoms with E-state index in [1.165, 1.54) is 0 Å². The van der Waals surface area contributed by atoms with Crippen LogP contribution < -0.4 is 38.3 Å². The van der Waals surface area contributed by atoms with Crippen LogP contribution >= 0.6 is 0 Å². The topological polar surface area (TPSA) is 265 Å². The first-order chi connectivity index (χ1) is 12.0. The largest absolute Gasteiger partial charge is 1.00 e. The number of aliphatic carboxylic acids is 3. The normalized spacial score (nSPS) is 11.9. The monoisotopic (exact) mass is 414 g/mol. The van der Waals surface area contributed by atoms with Gasteiger partial charge in [-0.1, -0.05) is 14.9 Å². The van der Waals surface area contributed by atoms with E-state index < -0.39 is 36.0 Å². The number of carbonyl (C=O) groups excluding carboxylic acids is 5. The maximum atomic E-state index is 10.2. The highest BCUT2D eigenvalue weighted by Crippen LogP contribution is 1.98. The number of unbranched alkanes of at least 4 members (excludes halogenated alkanes) is 1. The SMILES string of the molecule is C.C.O=C=O.[H+].[NH3+]CCCC[C@H]([NH3+])C(=O)[O-].[NH3+][C@H](CCC[C@H]([NH3+])C(=O)[O-])C(=O)[O-]. The molecule has 0 heterocycles. The maximum absolute atomic E-state index is 10.2. The third-order valence-electron chi connectivity index (χ3n) is 3.16. The van der Waals surface area contributed by atoms with Crippen LogP contribution in [0.25, 0.3) is 0 Å². The van der Waals surface area contributed by atoms with Crippen LogP contribution in [-0.2, 0) is 24.0 Å². The van der Waals surface area contributed by atoms with Crippen molar-refractivity contribution in [2.45, 2.75) is 71.5 Å². The Kier molecular flexibility index (Phi) is 32.1. The van der Waals surface area contributed by atoms with Gasteiger partial charge >= 0.3 is 7.58 Å². The van der Waals surface area contributed by atoms with Crippen LogP contribution in [0.4, 0.5) is 0 Å². The summed E-state index contributed by atoms with van der Waals surface area (Å²) in [5.41, 5.74) is 13.7. The molecule has 0 aliphatic rings. The smallest absolute Gasteiger partial charge is 0.544 e. The Labute approximate surface area is 166 Å². The molecule has 12 heteroatoms. The number of hydrogen-bond donors (Lipinski definition) is 4. The van der Waals surface area contributed by atoms with E-state index in [-0.39, 0.29) is 22.4 Å². The van der Waals surface area contributed by atoms with Gasteiger partial charge in [-0.3, -0.25) is 0 Å². The van der Waals surface area contributed by atoms with Crippen LogP contribution in [-0.4, -0.2) is 48.7 Å². The number of carboxylic acid groups (broad SMARTS) is 3. The zero-order valence-electron chi connectivity index (χ0n) is 15.8. The molecule has 0 aromatic rings. The predicted molar refractivity (Wildman–Crippen MR) is 90.1 cm³/mol. The average molecular weight is 415 g/mol. The van der Waals surface area contributed by atoms with Crippen molar-refractivity contribution in [3.05, 3.63) is 0 Å². The maximum Gasteiger partial charge on any atom is 1.00 e. The van der Waals surface area contributed by atoms with E-state index in [9.17, 15) is 29.7 Å². The molecular formula is C16H38N4O8+2. The second-order valence-electron chi connectivity index (χ2n) is 5.41. The molecule has 0 spiro atoms. The summed E-state index contributed by atoms with van der Waals surface area (Å²) in [6.45, 7) is 0.861. The van der Waals surface area contributed by atoms with Gasteiger partial charge in [-0.05, 0) is 19.3 Å². The van der Waals surface area contributed by atoms with Crippen molar-refractivity contribution in [1.29, 1.82) is 0 Å². The number of carboxylic acids is 3. The number of hydrogen-bond acceptors (Lipinski definition) is 8. The first-order valence-corrected chi connectivity index (χ1v) is 7.95. The lowest BCUT2D eigenvalue weighted by atomic mass is 10.1. The summed E-state index contributed by atoms with van der Waals surface area (Å²) in [4.78, 5) is 46.7. The molecule has 3 atom stereocenters. The van der Waals surface area contributed by atoms with Gasteiger partial charge in [0, 0.05) is 19.3 Å². The van der Waals surface area contributed by atoms with Crippen molar-refractivity contribution in [3.63, 3.8) is 0 Å². The molecular weight excluding hydrogens is 376 g/mol. The van der Waals surface area contributed by atoms with Gasteiger partial charge in [0.25, 0.3) is 0 Å². The predicted octanol–water partition coefficient (Wildman–Crippen LogP) is -7.56. The Morgan fingerprint density at radius 2 is 0.964 bits per heavy atom. The third kappa shape index (κ3) is 28.4. The van der Waals surface area contributed by atoms with Crippen LogP contribution in [0.15, 0.2) is 0 Å². The molecule has 0 aromatic heterocycles. The zero-order chi connectivity index (χ0) is 21.1. The Morgan fingerprint density at radius 1 is 0.714 bits per heavy atom. The van der Waals surface area contributed by atoms with Gasteiger partial charge < -0.3 is 52.6 Å². The van der Waals surface area contributed by atoms with Crippen molar-refractivity contribution < 1.29 is 63.7 Å². The molecule has 0 radical (unpaired) electrons. The van der Waals surface area contributed by atoms with Crippen molar-refractivity contribution in [2.75, 3.05) is 6.54 Å². The second kappa shape index (κ2) is 24.6. The number of carbonyl (C=O) groups is 3. The lowest BCUT2D eigenvalue weighted by molar-refractivity contribution is -0.444. The summed E-state index contributed by atoms with van der Waals surface area (Å²) in [6, 6.07) is -2.12. The molecule has 0 unspecified atom stereocenters. The summed E-state index contributed by atoms with van der Waals surface area (Å²) in [5.74, 6) is -3.48. The van der Waals surface area contributed by atoms with Crippen LogP contribution in [0.1, 0.15) is 54.8 Å². The van der Waals surface area contributed by atoms with E-state index in [4.69, 9.17) is 9.59 Å². The first-order valence-electron chi connectivity index (χ1n) is 7.95.